The topological polar surface area (TPSA) is 67.5 Å². The smallest absolute Gasteiger partial charge is 0.343 e. The maximum Gasteiger partial charge on any atom is 0.343 e. The van der Waals surface area contributed by atoms with Crippen LogP contribution in [0.1, 0.15) is 33.8 Å². The summed E-state index contributed by atoms with van der Waals surface area (Å²) in [6, 6.07) is 25.0. The second-order valence-electron chi connectivity index (χ2n) is 6.60. The van der Waals surface area contributed by atoms with Crippen molar-refractivity contribution in [3.8, 4) is 5.75 Å². The van der Waals surface area contributed by atoms with E-state index in [0.717, 1.165) is 5.56 Å². The largest absolute Gasteiger partial charge is 0.507 e. The minimum absolute atomic E-state index is 0.0463. The van der Waals surface area contributed by atoms with E-state index in [1.165, 1.54) is 0 Å². The lowest BCUT2D eigenvalue weighted by Crippen LogP contribution is -2.17. The molecule has 0 fully saturated rings. The minimum Gasteiger partial charge on any atom is -0.507 e. The second kappa shape index (κ2) is 7.53. The molecule has 1 N–H and O–H groups in total. The zero-order valence-electron chi connectivity index (χ0n) is 15.0. The summed E-state index contributed by atoms with van der Waals surface area (Å²) in [5, 5.41) is 11.3. The van der Waals surface area contributed by atoms with Crippen LogP contribution in [0.3, 0.4) is 0 Å². The first kappa shape index (κ1) is 17.7. The molecule has 1 heterocycles. The molecule has 0 saturated carbocycles. The summed E-state index contributed by atoms with van der Waals surface area (Å²) in [6.07, 6.45) is 0.0463. The van der Waals surface area contributed by atoms with Gasteiger partial charge < -0.3 is 9.52 Å². The SMILES string of the molecule is O=C(C[C@@H](c1ccccc1)c1c(O)c2ccccc2oc1=O)c1ccccc1. The Morgan fingerprint density at radius 2 is 1.46 bits per heavy atom. The number of benzene rings is 3. The van der Waals surface area contributed by atoms with Gasteiger partial charge in [-0.25, -0.2) is 4.79 Å². The van der Waals surface area contributed by atoms with Gasteiger partial charge in [-0.1, -0.05) is 72.8 Å². The Morgan fingerprint density at radius 1 is 0.857 bits per heavy atom. The fraction of sp³-hybridized carbons (Fsp3) is 0.0833. The fourth-order valence-electron chi connectivity index (χ4n) is 3.45. The van der Waals surface area contributed by atoms with E-state index in [0.29, 0.717) is 16.5 Å². The highest BCUT2D eigenvalue weighted by molar-refractivity contribution is 5.97. The highest BCUT2D eigenvalue weighted by atomic mass is 16.4. The molecule has 0 bridgehead atoms. The fourth-order valence-corrected chi connectivity index (χ4v) is 3.45. The molecule has 0 spiro atoms. The molecule has 4 rings (SSSR count). The Balaban J connectivity index is 1.86. The lowest BCUT2D eigenvalue weighted by Gasteiger charge is -2.18. The molecule has 0 aliphatic carbocycles. The van der Waals surface area contributed by atoms with E-state index in [1.807, 2.05) is 36.4 Å². The van der Waals surface area contributed by atoms with Crippen LogP contribution in [0.5, 0.6) is 5.75 Å². The van der Waals surface area contributed by atoms with Gasteiger partial charge in [0, 0.05) is 17.9 Å². The molecule has 138 valence electrons. The number of aromatic hydroxyl groups is 1. The zero-order valence-corrected chi connectivity index (χ0v) is 15.0. The van der Waals surface area contributed by atoms with E-state index in [9.17, 15) is 14.7 Å². The van der Waals surface area contributed by atoms with Crippen molar-refractivity contribution >= 4 is 16.8 Å². The second-order valence-corrected chi connectivity index (χ2v) is 6.60. The van der Waals surface area contributed by atoms with E-state index in [4.69, 9.17) is 4.42 Å². The molecule has 4 heteroatoms. The number of carbonyl (C=O) groups excluding carboxylic acids is 1. The number of ketones is 1. The van der Waals surface area contributed by atoms with Crippen molar-refractivity contribution in [3.63, 3.8) is 0 Å². The highest BCUT2D eigenvalue weighted by Crippen LogP contribution is 2.36. The molecule has 0 aliphatic heterocycles. The summed E-state index contributed by atoms with van der Waals surface area (Å²) in [5.74, 6) is -0.863. The van der Waals surface area contributed by atoms with Gasteiger partial charge in [0.25, 0.3) is 0 Å². The molecule has 4 aromatic rings. The van der Waals surface area contributed by atoms with Gasteiger partial charge in [0.2, 0.25) is 0 Å². The highest BCUT2D eigenvalue weighted by Gasteiger charge is 2.27. The minimum atomic E-state index is -0.633. The van der Waals surface area contributed by atoms with E-state index < -0.39 is 11.5 Å². The maximum atomic E-state index is 12.9. The maximum absolute atomic E-state index is 12.9. The number of hydrogen-bond acceptors (Lipinski definition) is 4. The van der Waals surface area contributed by atoms with Crippen LogP contribution in [0.25, 0.3) is 11.0 Å². The summed E-state index contributed by atoms with van der Waals surface area (Å²) in [7, 11) is 0. The van der Waals surface area contributed by atoms with E-state index in [-0.39, 0.29) is 23.5 Å². The van der Waals surface area contributed by atoms with Crippen molar-refractivity contribution in [1.29, 1.82) is 0 Å². The Hall–Kier alpha value is -3.66. The number of para-hydroxylation sites is 1. The number of carbonyl (C=O) groups is 1. The first-order valence-corrected chi connectivity index (χ1v) is 9.03. The molecule has 1 atom stereocenters. The van der Waals surface area contributed by atoms with Crippen LogP contribution >= 0.6 is 0 Å². The van der Waals surface area contributed by atoms with Crippen molar-refractivity contribution in [2.45, 2.75) is 12.3 Å². The normalized spacial score (nSPS) is 12.0. The average molecular weight is 370 g/mol. The van der Waals surface area contributed by atoms with Gasteiger partial charge in [-0.2, -0.15) is 0 Å². The van der Waals surface area contributed by atoms with Gasteiger partial charge in [0.05, 0.1) is 10.9 Å². The van der Waals surface area contributed by atoms with Gasteiger partial charge in [-0.3, -0.25) is 4.79 Å². The molecule has 28 heavy (non-hydrogen) atoms. The van der Waals surface area contributed by atoms with Crippen LogP contribution < -0.4 is 5.63 Å². The Labute approximate surface area is 161 Å². The molecular weight excluding hydrogens is 352 g/mol. The van der Waals surface area contributed by atoms with Crippen LogP contribution in [-0.4, -0.2) is 10.9 Å². The lowest BCUT2D eigenvalue weighted by atomic mass is 9.85. The van der Waals surface area contributed by atoms with Crippen LogP contribution in [0.15, 0.2) is 94.1 Å². The standard InChI is InChI=1S/C24H18O4/c25-20(17-11-5-2-6-12-17)15-19(16-9-3-1-4-10-16)22-23(26)18-13-7-8-14-21(18)28-24(22)27/h1-14,19,26H,15H2/t19-/m0/s1. The van der Waals surface area contributed by atoms with Gasteiger partial charge in [-0.15, -0.1) is 0 Å². The Morgan fingerprint density at radius 3 is 2.18 bits per heavy atom. The van der Waals surface area contributed by atoms with Crippen LogP contribution in [0.2, 0.25) is 0 Å². The van der Waals surface area contributed by atoms with E-state index >= 15 is 0 Å². The predicted octanol–water partition coefficient (Wildman–Crippen LogP) is 4.90. The first-order chi connectivity index (χ1) is 13.6. The molecule has 1 aromatic heterocycles. The molecule has 0 radical (unpaired) electrons. The van der Waals surface area contributed by atoms with Gasteiger partial charge in [0.15, 0.2) is 5.78 Å². The predicted molar refractivity (Wildman–Crippen MR) is 108 cm³/mol. The van der Waals surface area contributed by atoms with Gasteiger partial charge >= 0.3 is 5.63 Å². The van der Waals surface area contributed by atoms with Crippen LogP contribution in [0, 0.1) is 0 Å². The average Bonchev–Trinajstić information content (AvgIpc) is 2.74. The van der Waals surface area contributed by atoms with Crippen molar-refractivity contribution < 1.29 is 14.3 Å². The lowest BCUT2D eigenvalue weighted by molar-refractivity contribution is 0.0977. The van der Waals surface area contributed by atoms with Crippen molar-refractivity contribution in [1.82, 2.24) is 0 Å². The van der Waals surface area contributed by atoms with E-state index in [2.05, 4.69) is 0 Å². The van der Waals surface area contributed by atoms with Crippen molar-refractivity contribution in [2.75, 3.05) is 0 Å². The summed E-state index contributed by atoms with van der Waals surface area (Å²) in [6.45, 7) is 0. The van der Waals surface area contributed by atoms with Gasteiger partial charge in [-0.05, 0) is 17.7 Å². The van der Waals surface area contributed by atoms with Crippen molar-refractivity contribution in [3.05, 3.63) is 112 Å². The van der Waals surface area contributed by atoms with Gasteiger partial charge in [0.1, 0.15) is 11.3 Å². The number of fused-ring (bicyclic) bond motifs is 1. The third kappa shape index (κ3) is 3.32. The summed E-state index contributed by atoms with van der Waals surface area (Å²) >= 11 is 0. The summed E-state index contributed by atoms with van der Waals surface area (Å²) < 4.78 is 5.44. The summed E-state index contributed by atoms with van der Waals surface area (Å²) in [4.78, 5) is 25.6. The molecule has 0 saturated heterocycles. The summed E-state index contributed by atoms with van der Waals surface area (Å²) in [5.41, 5.74) is 1.12. The van der Waals surface area contributed by atoms with Crippen LogP contribution in [0.4, 0.5) is 0 Å². The Kier molecular flexibility index (Phi) is 4.77. The molecule has 0 aliphatic rings. The molecule has 4 nitrogen and oxygen atoms in total. The number of hydrogen-bond donors (Lipinski definition) is 1. The monoisotopic (exact) mass is 370 g/mol. The quantitative estimate of drug-likeness (QED) is 0.401. The van der Waals surface area contributed by atoms with Crippen LogP contribution in [-0.2, 0) is 0 Å². The molecule has 3 aromatic carbocycles. The third-order valence-electron chi connectivity index (χ3n) is 4.86. The first-order valence-electron chi connectivity index (χ1n) is 9.03. The third-order valence-corrected chi connectivity index (χ3v) is 4.86. The number of Topliss-reactive ketones (excluding diaryl/α,β-unsaturated/α-hetero) is 1. The molecule has 0 unspecified atom stereocenters. The zero-order chi connectivity index (χ0) is 19.5. The molecule has 0 amide bonds. The van der Waals surface area contributed by atoms with E-state index in [1.54, 1.807) is 48.5 Å². The number of rotatable bonds is 5. The Bertz CT molecular complexity index is 1180. The molecular formula is C24H18O4. The van der Waals surface area contributed by atoms with Crippen molar-refractivity contribution in [2.24, 2.45) is 0 Å².